The van der Waals surface area contributed by atoms with Crippen molar-refractivity contribution < 1.29 is 14.0 Å². The highest BCUT2D eigenvalue weighted by molar-refractivity contribution is 6.13. The van der Waals surface area contributed by atoms with E-state index < -0.39 is 5.54 Å². The van der Waals surface area contributed by atoms with Gasteiger partial charge in [0.15, 0.2) is 5.58 Å². The summed E-state index contributed by atoms with van der Waals surface area (Å²) in [4.78, 5) is 29.6. The fraction of sp³-hybridized carbons (Fsp3) is 0.481. The molecule has 2 amide bonds. The van der Waals surface area contributed by atoms with Gasteiger partial charge in [-0.3, -0.25) is 14.5 Å². The zero-order valence-corrected chi connectivity index (χ0v) is 20.1. The van der Waals surface area contributed by atoms with E-state index >= 15 is 0 Å². The zero-order chi connectivity index (χ0) is 23.5. The van der Waals surface area contributed by atoms with E-state index in [1.54, 1.807) is 17.2 Å². The summed E-state index contributed by atoms with van der Waals surface area (Å²) in [6.45, 7) is 10.8. The third-order valence-corrected chi connectivity index (χ3v) is 8.17. The average molecular weight is 448 g/mol. The van der Waals surface area contributed by atoms with E-state index in [0.29, 0.717) is 29.7 Å². The number of rotatable bonds is 3. The Bertz CT molecular complexity index is 1240. The monoisotopic (exact) mass is 447 g/mol. The van der Waals surface area contributed by atoms with Gasteiger partial charge in [-0.15, -0.1) is 0 Å². The van der Waals surface area contributed by atoms with Gasteiger partial charge in [0.1, 0.15) is 11.2 Å². The van der Waals surface area contributed by atoms with Crippen LogP contribution in [0.4, 0.5) is 5.69 Å². The number of furan rings is 1. The van der Waals surface area contributed by atoms with Gasteiger partial charge >= 0.3 is 0 Å². The first kappa shape index (κ1) is 21.8. The van der Waals surface area contributed by atoms with Crippen molar-refractivity contribution in [3.05, 3.63) is 53.4 Å². The number of benzene rings is 1. The second-order valence-corrected chi connectivity index (χ2v) is 10.3. The lowest BCUT2D eigenvalue weighted by atomic mass is 9.77. The number of hydrogen-bond acceptors (Lipinski definition) is 3. The maximum absolute atomic E-state index is 14.0. The van der Waals surface area contributed by atoms with Crippen LogP contribution in [0, 0.1) is 25.7 Å². The van der Waals surface area contributed by atoms with E-state index in [9.17, 15) is 9.59 Å². The topological polar surface area (TPSA) is 67.5 Å². The number of anilines is 1. The van der Waals surface area contributed by atoms with Gasteiger partial charge in [0.2, 0.25) is 5.91 Å². The van der Waals surface area contributed by atoms with Crippen LogP contribution >= 0.6 is 0 Å². The number of nitrogens with one attached hydrogen (secondary N) is 1. The molecule has 3 aromatic rings. The first-order valence-corrected chi connectivity index (χ1v) is 12.0. The molecule has 1 saturated carbocycles. The third-order valence-electron chi connectivity index (χ3n) is 8.17. The van der Waals surface area contributed by atoms with Crippen LogP contribution in [0.25, 0.3) is 11.1 Å². The minimum absolute atomic E-state index is 0.101. The minimum atomic E-state index is -1.07. The quantitative estimate of drug-likeness (QED) is 0.599. The number of carbonyl (C=O) groups is 2. The molecular weight excluding hydrogens is 414 g/mol. The summed E-state index contributed by atoms with van der Waals surface area (Å²) in [6.07, 6.45) is 4.92. The summed E-state index contributed by atoms with van der Waals surface area (Å²) in [5.74, 6) is 0.695. The van der Waals surface area contributed by atoms with Crippen LogP contribution in [0.5, 0.6) is 0 Å². The number of aryl methyl sites for hydroxylation is 2. The molecule has 2 aliphatic rings. The molecule has 0 radical (unpaired) electrons. The molecule has 0 spiro atoms. The van der Waals surface area contributed by atoms with Gasteiger partial charge in [0, 0.05) is 23.9 Å². The molecule has 6 heteroatoms. The fourth-order valence-electron chi connectivity index (χ4n) is 5.59. The molecule has 33 heavy (non-hydrogen) atoms. The van der Waals surface area contributed by atoms with Crippen molar-refractivity contribution >= 4 is 28.6 Å². The second kappa shape index (κ2) is 7.79. The summed E-state index contributed by atoms with van der Waals surface area (Å²) in [6, 6.07) is 9.73. The molecule has 0 unspecified atom stereocenters. The lowest BCUT2D eigenvalue weighted by Gasteiger charge is -2.45. The highest BCUT2D eigenvalue weighted by atomic mass is 16.3. The van der Waals surface area contributed by atoms with Gasteiger partial charge in [-0.05, 0) is 62.3 Å². The SMILES string of the molecule is Cc1ccc(N2C(=O)c3cc4occc4n3C[C@]2(C)C(=O)N[C@@H]2CCC[C@@H](C)[C@@H]2C)cc1C. The third kappa shape index (κ3) is 3.38. The second-order valence-electron chi connectivity index (χ2n) is 10.3. The molecule has 4 atom stereocenters. The molecule has 1 fully saturated rings. The Morgan fingerprint density at radius 3 is 2.67 bits per heavy atom. The first-order valence-electron chi connectivity index (χ1n) is 12.0. The summed E-state index contributed by atoms with van der Waals surface area (Å²) in [5.41, 5.74) is 3.97. The van der Waals surface area contributed by atoms with E-state index in [4.69, 9.17) is 4.42 Å². The number of hydrogen-bond donors (Lipinski definition) is 1. The lowest BCUT2D eigenvalue weighted by Crippen LogP contribution is -2.66. The highest BCUT2D eigenvalue weighted by Crippen LogP contribution is 2.37. The molecule has 2 aromatic heterocycles. The standard InChI is InChI=1S/C27H33N3O3/c1-16-9-10-20(13-18(16)3)30-25(31)23-14-24-22(11-12-33-24)29(23)15-27(30,5)26(32)28-21-8-6-7-17(2)19(21)4/h9-14,17,19,21H,6-8,15H2,1-5H3,(H,28,32)/t17-,19+,21-,27-/m1/s1. The molecule has 1 aliphatic heterocycles. The van der Waals surface area contributed by atoms with Crippen molar-refractivity contribution in [1.29, 1.82) is 0 Å². The van der Waals surface area contributed by atoms with E-state index in [0.717, 1.165) is 35.2 Å². The zero-order valence-electron chi connectivity index (χ0n) is 20.1. The molecule has 1 aromatic carbocycles. The molecule has 3 heterocycles. The Morgan fingerprint density at radius 1 is 1.12 bits per heavy atom. The summed E-state index contributed by atoms with van der Waals surface area (Å²) >= 11 is 0. The van der Waals surface area contributed by atoms with Crippen molar-refractivity contribution in [2.75, 3.05) is 4.90 Å². The van der Waals surface area contributed by atoms with Crippen molar-refractivity contribution in [2.24, 2.45) is 11.8 Å². The van der Waals surface area contributed by atoms with Crippen molar-refractivity contribution in [2.45, 2.75) is 72.0 Å². The van der Waals surface area contributed by atoms with Gasteiger partial charge in [-0.1, -0.05) is 32.8 Å². The van der Waals surface area contributed by atoms with Gasteiger partial charge in [0.05, 0.1) is 18.3 Å². The van der Waals surface area contributed by atoms with Crippen molar-refractivity contribution in [1.82, 2.24) is 9.88 Å². The molecule has 1 aliphatic carbocycles. The minimum Gasteiger partial charge on any atom is -0.463 e. The average Bonchev–Trinajstić information content (AvgIpc) is 3.36. The van der Waals surface area contributed by atoms with Gasteiger partial charge in [0.25, 0.3) is 5.91 Å². The van der Waals surface area contributed by atoms with Crippen LogP contribution in [-0.4, -0.2) is 28.0 Å². The van der Waals surface area contributed by atoms with Crippen LogP contribution in [0.3, 0.4) is 0 Å². The van der Waals surface area contributed by atoms with Gasteiger partial charge in [-0.2, -0.15) is 0 Å². The highest BCUT2D eigenvalue weighted by Gasteiger charge is 2.49. The molecule has 1 N–H and O–H groups in total. The predicted molar refractivity (Wildman–Crippen MR) is 129 cm³/mol. The Morgan fingerprint density at radius 2 is 1.91 bits per heavy atom. The maximum Gasteiger partial charge on any atom is 0.276 e. The smallest absolute Gasteiger partial charge is 0.276 e. The molecule has 0 saturated heterocycles. The van der Waals surface area contributed by atoms with E-state index in [-0.39, 0.29) is 17.9 Å². The maximum atomic E-state index is 14.0. The van der Waals surface area contributed by atoms with Crippen LogP contribution < -0.4 is 10.2 Å². The summed E-state index contributed by atoms with van der Waals surface area (Å²) < 4.78 is 7.51. The van der Waals surface area contributed by atoms with Gasteiger partial charge in [-0.25, -0.2) is 0 Å². The lowest BCUT2D eigenvalue weighted by molar-refractivity contribution is -0.128. The summed E-state index contributed by atoms with van der Waals surface area (Å²) in [5, 5.41) is 3.35. The predicted octanol–water partition coefficient (Wildman–Crippen LogP) is 5.21. The Kier molecular flexibility index (Phi) is 5.15. The van der Waals surface area contributed by atoms with Crippen LogP contribution in [0.1, 0.15) is 61.6 Å². The fourth-order valence-corrected chi connectivity index (χ4v) is 5.59. The van der Waals surface area contributed by atoms with Crippen LogP contribution in [0.15, 0.2) is 41.0 Å². The normalized spacial score (nSPS) is 27.6. The molecule has 5 rings (SSSR count). The van der Waals surface area contributed by atoms with E-state index in [2.05, 4.69) is 19.2 Å². The molecule has 0 bridgehead atoms. The largest absolute Gasteiger partial charge is 0.463 e. The first-order chi connectivity index (χ1) is 15.7. The number of nitrogens with zero attached hydrogens (tertiary/aromatic N) is 2. The number of carbonyl (C=O) groups excluding carboxylic acids is 2. The molecular formula is C27H33N3O3. The number of fused-ring (bicyclic) bond motifs is 3. The van der Waals surface area contributed by atoms with E-state index in [1.807, 2.05) is 49.6 Å². The Labute approximate surface area is 194 Å². The van der Waals surface area contributed by atoms with E-state index in [1.165, 1.54) is 6.42 Å². The number of aromatic nitrogens is 1. The molecule has 174 valence electrons. The van der Waals surface area contributed by atoms with Gasteiger partial charge < -0.3 is 14.3 Å². The Hall–Kier alpha value is -3.02. The van der Waals surface area contributed by atoms with Crippen LogP contribution in [0.2, 0.25) is 0 Å². The molecule has 6 nitrogen and oxygen atoms in total. The van der Waals surface area contributed by atoms with Crippen molar-refractivity contribution in [3.8, 4) is 0 Å². The van der Waals surface area contributed by atoms with Crippen LogP contribution in [-0.2, 0) is 11.3 Å². The Balaban J connectivity index is 1.59. The summed E-state index contributed by atoms with van der Waals surface area (Å²) in [7, 11) is 0. The van der Waals surface area contributed by atoms with Crippen molar-refractivity contribution in [3.63, 3.8) is 0 Å². The number of amides is 2.